The summed E-state index contributed by atoms with van der Waals surface area (Å²) in [6.07, 6.45) is -0.306. The highest BCUT2D eigenvalue weighted by molar-refractivity contribution is 5.94. The van der Waals surface area contributed by atoms with Crippen LogP contribution >= 0.6 is 0 Å². The van der Waals surface area contributed by atoms with E-state index in [0.29, 0.717) is 23.6 Å². The van der Waals surface area contributed by atoms with Gasteiger partial charge in [0, 0.05) is 24.8 Å². The van der Waals surface area contributed by atoms with Gasteiger partial charge in [0.25, 0.3) is 5.91 Å². The van der Waals surface area contributed by atoms with Crippen molar-refractivity contribution >= 4 is 5.91 Å². The number of carbonyl (C=O) groups excluding carboxylic acids is 1. The Hall–Kier alpha value is -2.73. The van der Waals surface area contributed by atoms with Gasteiger partial charge >= 0.3 is 0 Å². The Morgan fingerprint density at radius 2 is 1.96 bits per heavy atom. The van der Waals surface area contributed by atoms with Gasteiger partial charge in [-0.15, -0.1) is 0 Å². The van der Waals surface area contributed by atoms with E-state index in [-0.39, 0.29) is 18.8 Å². The molecular weight excluding hydrogens is 310 g/mol. The van der Waals surface area contributed by atoms with Crippen molar-refractivity contribution in [2.75, 3.05) is 27.6 Å². The Labute approximate surface area is 140 Å². The summed E-state index contributed by atoms with van der Waals surface area (Å²) in [5, 5.41) is 2.88. The highest BCUT2D eigenvalue weighted by Gasteiger charge is 2.19. The van der Waals surface area contributed by atoms with Crippen LogP contribution in [0.25, 0.3) is 0 Å². The van der Waals surface area contributed by atoms with Gasteiger partial charge in [-0.25, -0.2) is 0 Å². The van der Waals surface area contributed by atoms with Crippen LogP contribution in [0, 0.1) is 0 Å². The summed E-state index contributed by atoms with van der Waals surface area (Å²) in [5.41, 5.74) is 1.39. The summed E-state index contributed by atoms with van der Waals surface area (Å²) in [6.45, 7) is 0.504. The van der Waals surface area contributed by atoms with E-state index >= 15 is 0 Å². The first-order valence-corrected chi connectivity index (χ1v) is 7.56. The molecule has 0 bridgehead atoms. The van der Waals surface area contributed by atoms with Crippen molar-refractivity contribution in [2.24, 2.45) is 0 Å². The number of fused-ring (bicyclic) bond motifs is 1. The molecular formula is C18H19NO5. The lowest BCUT2D eigenvalue weighted by molar-refractivity contribution is 0.0819. The number of para-hydroxylation sites is 1. The third kappa shape index (κ3) is 3.28. The van der Waals surface area contributed by atoms with Gasteiger partial charge in [-0.1, -0.05) is 18.2 Å². The van der Waals surface area contributed by atoms with Crippen LogP contribution in [0.5, 0.6) is 17.2 Å². The highest BCUT2D eigenvalue weighted by atomic mass is 16.7. The van der Waals surface area contributed by atoms with Crippen molar-refractivity contribution in [1.29, 1.82) is 0 Å². The molecule has 24 heavy (non-hydrogen) atoms. The number of carbonyl (C=O) groups is 1. The van der Waals surface area contributed by atoms with Gasteiger partial charge < -0.3 is 24.3 Å². The number of rotatable bonds is 6. The van der Waals surface area contributed by atoms with Crippen molar-refractivity contribution in [3.8, 4) is 17.2 Å². The van der Waals surface area contributed by atoms with Crippen LogP contribution in [0.15, 0.2) is 42.5 Å². The van der Waals surface area contributed by atoms with Crippen molar-refractivity contribution in [3.05, 3.63) is 53.6 Å². The second-order valence-corrected chi connectivity index (χ2v) is 5.24. The van der Waals surface area contributed by atoms with E-state index in [2.05, 4.69) is 5.32 Å². The van der Waals surface area contributed by atoms with Gasteiger partial charge in [0.05, 0.1) is 7.11 Å². The van der Waals surface area contributed by atoms with Crippen LogP contribution in [0.1, 0.15) is 22.0 Å². The number of ether oxygens (including phenoxy) is 4. The molecule has 6 heteroatoms. The van der Waals surface area contributed by atoms with E-state index in [4.69, 9.17) is 18.9 Å². The summed E-state index contributed by atoms with van der Waals surface area (Å²) in [5.74, 6) is 1.75. The molecule has 1 aliphatic heterocycles. The fourth-order valence-electron chi connectivity index (χ4n) is 2.58. The Bertz CT molecular complexity index is 731. The Kier molecular flexibility index (Phi) is 4.86. The topological polar surface area (TPSA) is 66.0 Å². The highest BCUT2D eigenvalue weighted by Crippen LogP contribution is 2.32. The van der Waals surface area contributed by atoms with Gasteiger partial charge in [0.1, 0.15) is 11.9 Å². The normalized spacial score (nSPS) is 13.4. The largest absolute Gasteiger partial charge is 0.496 e. The summed E-state index contributed by atoms with van der Waals surface area (Å²) < 4.78 is 21.4. The predicted octanol–water partition coefficient (Wildman–Crippen LogP) is 2.54. The maximum atomic E-state index is 12.4. The second kappa shape index (κ2) is 7.23. The zero-order valence-corrected chi connectivity index (χ0v) is 13.6. The summed E-state index contributed by atoms with van der Waals surface area (Å²) in [6, 6.07) is 12.7. The molecule has 6 nitrogen and oxygen atoms in total. The van der Waals surface area contributed by atoms with E-state index in [1.165, 1.54) is 0 Å². The first kappa shape index (κ1) is 16.1. The molecule has 2 aromatic rings. The Balaban J connectivity index is 1.68. The van der Waals surface area contributed by atoms with Crippen LogP contribution in [-0.2, 0) is 4.74 Å². The molecule has 1 heterocycles. The zero-order chi connectivity index (χ0) is 16.9. The summed E-state index contributed by atoms with van der Waals surface area (Å²) in [4.78, 5) is 12.4. The smallest absolute Gasteiger partial charge is 0.251 e. The molecule has 0 fully saturated rings. The number of benzene rings is 2. The number of hydrogen-bond donors (Lipinski definition) is 1. The number of amides is 1. The zero-order valence-electron chi connectivity index (χ0n) is 13.6. The minimum absolute atomic E-state index is 0.181. The van der Waals surface area contributed by atoms with Crippen LogP contribution in [0.2, 0.25) is 0 Å². The molecule has 1 aliphatic rings. The van der Waals surface area contributed by atoms with Gasteiger partial charge in [-0.05, 0) is 24.3 Å². The van der Waals surface area contributed by atoms with Gasteiger partial charge in [0.2, 0.25) is 6.79 Å². The van der Waals surface area contributed by atoms with Crippen LogP contribution in [0.4, 0.5) is 0 Å². The Morgan fingerprint density at radius 3 is 2.75 bits per heavy atom. The molecule has 0 unspecified atom stereocenters. The third-order valence-electron chi connectivity index (χ3n) is 3.85. The van der Waals surface area contributed by atoms with E-state index in [1.54, 1.807) is 32.4 Å². The molecule has 2 aromatic carbocycles. The second-order valence-electron chi connectivity index (χ2n) is 5.24. The minimum atomic E-state index is -0.306. The minimum Gasteiger partial charge on any atom is -0.496 e. The molecule has 3 rings (SSSR count). The fraction of sp³-hybridized carbons (Fsp3) is 0.278. The maximum absolute atomic E-state index is 12.4. The average molecular weight is 329 g/mol. The molecule has 126 valence electrons. The molecule has 0 spiro atoms. The molecule has 0 saturated carbocycles. The quantitative estimate of drug-likeness (QED) is 0.882. The van der Waals surface area contributed by atoms with Gasteiger partial charge in [-0.3, -0.25) is 4.79 Å². The third-order valence-corrected chi connectivity index (χ3v) is 3.85. The van der Waals surface area contributed by atoms with Crippen molar-refractivity contribution < 1.29 is 23.7 Å². The van der Waals surface area contributed by atoms with E-state index in [9.17, 15) is 4.79 Å². The standard InChI is InChI=1S/C18H19NO5/c1-21-14-6-4-3-5-13(14)17(22-2)10-19-18(20)12-7-8-15-16(9-12)24-11-23-15/h3-9,17H,10-11H2,1-2H3,(H,19,20)/t17-/m1/s1. The van der Waals surface area contributed by atoms with Crippen molar-refractivity contribution in [3.63, 3.8) is 0 Å². The molecule has 0 radical (unpaired) electrons. The Morgan fingerprint density at radius 1 is 1.17 bits per heavy atom. The van der Waals surface area contributed by atoms with Crippen LogP contribution in [-0.4, -0.2) is 33.5 Å². The lowest BCUT2D eigenvalue weighted by atomic mass is 10.1. The molecule has 0 aliphatic carbocycles. The lowest BCUT2D eigenvalue weighted by Crippen LogP contribution is -2.29. The SMILES string of the molecule is COc1ccccc1[C@@H](CNC(=O)c1ccc2c(c1)OCO2)OC. The van der Waals surface area contributed by atoms with Gasteiger partial charge in [-0.2, -0.15) is 0 Å². The lowest BCUT2D eigenvalue weighted by Gasteiger charge is -2.19. The molecule has 0 aromatic heterocycles. The fourth-order valence-corrected chi connectivity index (χ4v) is 2.58. The predicted molar refractivity (Wildman–Crippen MR) is 87.6 cm³/mol. The first-order valence-electron chi connectivity index (χ1n) is 7.56. The van der Waals surface area contributed by atoms with Crippen LogP contribution < -0.4 is 19.5 Å². The van der Waals surface area contributed by atoms with Crippen LogP contribution in [0.3, 0.4) is 0 Å². The molecule has 0 saturated heterocycles. The van der Waals surface area contributed by atoms with Crippen molar-refractivity contribution in [1.82, 2.24) is 5.32 Å². The maximum Gasteiger partial charge on any atom is 0.251 e. The number of hydrogen-bond acceptors (Lipinski definition) is 5. The number of methoxy groups -OCH3 is 2. The monoisotopic (exact) mass is 329 g/mol. The van der Waals surface area contributed by atoms with E-state index < -0.39 is 0 Å². The number of nitrogens with one attached hydrogen (secondary N) is 1. The molecule has 1 atom stereocenters. The summed E-state index contributed by atoms with van der Waals surface area (Å²) in [7, 11) is 3.21. The van der Waals surface area contributed by atoms with Crippen molar-refractivity contribution in [2.45, 2.75) is 6.10 Å². The van der Waals surface area contributed by atoms with E-state index in [0.717, 1.165) is 11.3 Å². The summed E-state index contributed by atoms with van der Waals surface area (Å²) >= 11 is 0. The molecule has 1 amide bonds. The van der Waals surface area contributed by atoms with E-state index in [1.807, 2.05) is 24.3 Å². The molecule has 1 N–H and O–H groups in total. The first-order chi connectivity index (χ1) is 11.7. The average Bonchev–Trinajstić information content (AvgIpc) is 3.10. The van der Waals surface area contributed by atoms with Gasteiger partial charge in [0.15, 0.2) is 11.5 Å².